The number of rotatable bonds is 5. The molecule has 0 saturated carbocycles. The van der Waals surface area contributed by atoms with Crippen LogP contribution in [0.25, 0.3) is 0 Å². The van der Waals surface area contributed by atoms with Crippen LogP contribution in [-0.4, -0.2) is 37.5 Å². The van der Waals surface area contributed by atoms with Crippen molar-refractivity contribution in [1.82, 2.24) is 10.2 Å². The maximum atomic E-state index is 12.0. The molecule has 0 aromatic heterocycles. The zero-order valence-electron chi connectivity index (χ0n) is 11.1. The van der Waals surface area contributed by atoms with Crippen LogP contribution in [0.3, 0.4) is 0 Å². The minimum atomic E-state index is 0.277. The highest BCUT2D eigenvalue weighted by Crippen LogP contribution is 2.13. The van der Waals surface area contributed by atoms with E-state index in [0.29, 0.717) is 12.3 Å². The maximum absolute atomic E-state index is 12.0. The van der Waals surface area contributed by atoms with Crippen LogP contribution in [0.4, 0.5) is 0 Å². The third kappa shape index (κ3) is 3.84. The fourth-order valence-electron chi connectivity index (χ4n) is 2.36. The molecule has 3 heteroatoms. The zero-order valence-corrected chi connectivity index (χ0v) is 11.1. The standard InChI is InChI=1S/C15H22N2O/c1-17(10-8-13-5-3-2-4-6-13)15(18)11-14-7-9-16-12-14/h2-6,14,16H,7-12H2,1H3. The third-order valence-corrected chi connectivity index (χ3v) is 3.63. The molecule has 18 heavy (non-hydrogen) atoms. The molecule has 98 valence electrons. The molecule has 0 aliphatic carbocycles. The van der Waals surface area contributed by atoms with Crippen molar-refractivity contribution in [3.63, 3.8) is 0 Å². The second-order valence-electron chi connectivity index (χ2n) is 5.11. The molecule has 1 unspecified atom stereocenters. The van der Waals surface area contributed by atoms with Gasteiger partial charge in [-0.3, -0.25) is 4.79 Å². The molecular formula is C15H22N2O. The summed E-state index contributed by atoms with van der Waals surface area (Å²) in [4.78, 5) is 13.9. The molecule has 1 aromatic carbocycles. The highest BCUT2D eigenvalue weighted by Gasteiger charge is 2.19. The van der Waals surface area contributed by atoms with Gasteiger partial charge >= 0.3 is 0 Å². The maximum Gasteiger partial charge on any atom is 0.222 e. The smallest absolute Gasteiger partial charge is 0.222 e. The Kier molecular flexibility index (Phi) is 4.76. The lowest BCUT2D eigenvalue weighted by Crippen LogP contribution is -2.30. The number of hydrogen-bond donors (Lipinski definition) is 1. The summed E-state index contributed by atoms with van der Waals surface area (Å²) in [5, 5.41) is 3.30. The van der Waals surface area contributed by atoms with Gasteiger partial charge in [0.15, 0.2) is 0 Å². The van der Waals surface area contributed by atoms with E-state index in [2.05, 4.69) is 17.4 Å². The number of carbonyl (C=O) groups excluding carboxylic acids is 1. The molecule has 0 radical (unpaired) electrons. The third-order valence-electron chi connectivity index (χ3n) is 3.63. The topological polar surface area (TPSA) is 32.3 Å². The van der Waals surface area contributed by atoms with E-state index in [1.807, 2.05) is 30.1 Å². The SMILES string of the molecule is CN(CCc1ccccc1)C(=O)CC1CCNC1. The highest BCUT2D eigenvalue weighted by molar-refractivity contribution is 5.76. The first kappa shape index (κ1) is 13.1. The Morgan fingerprint density at radius 3 is 2.83 bits per heavy atom. The van der Waals surface area contributed by atoms with Gasteiger partial charge in [0, 0.05) is 20.0 Å². The monoisotopic (exact) mass is 246 g/mol. The summed E-state index contributed by atoms with van der Waals surface area (Å²) in [6.07, 6.45) is 2.77. The Balaban J connectivity index is 1.73. The molecule has 1 amide bonds. The van der Waals surface area contributed by atoms with Crippen molar-refractivity contribution < 1.29 is 4.79 Å². The van der Waals surface area contributed by atoms with Crippen molar-refractivity contribution in [3.8, 4) is 0 Å². The predicted octanol–water partition coefficient (Wildman–Crippen LogP) is 1.69. The Labute approximate surface area is 109 Å². The molecule has 0 bridgehead atoms. The number of benzene rings is 1. The van der Waals surface area contributed by atoms with Gasteiger partial charge in [0.25, 0.3) is 0 Å². The van der Waals surface area contributed by atoms with Crippen molar-refractivity contribution in [2.75, 3.05) is 26.7 Å². The average Bonchev–Trinajstić information content (AvgIpc) is 2.90. The highest BCUT2D eigenvalue weighted by atomic mass is 16.2. The fourth-order valence-corrected chi connectivity index (χ4v) is 2.36. The quantitative estimate of drug-likeness (QED) is 0.857. The first-order valence-corrected chi connectivity index (χ1v) is 6.74. The van der Waals surface area contributed by atoms with Gasteiger partial charge in [-0.2, -0.15) is 0 Å². The van der Waals surface area contributed by atoms with Gasteiger partial charge in [-0.25, -0.2) is 0 Å². The molecule has 1 aromatic rings. The predicted molar refractivity (Wildman–Crippen MR) is 73.4 cm³/mol. The van der Waals surface area contributed by atoms with Crippen LogP contribution in [-0.2, 0) is 11.2 Å². The molecule has 1 fully saturated rings. The van der Waals surface area contributed by atoms with Gasteiger partial charge in [0.1, 0.15) is 0 Å². The molecule has 1 atom stereocenters. The minimum absolute atomic E-state index is 0.277. The van der Waals surface area contributed by atoms with Crippen LogP contribution in [0, 0.1) is 5.92 Å². The average molecular weight is 246 g/mol. The lowest BCUT2D eigenvalue weighted by molar-refractivity contribution is -0.130. The summed E-state index contributed by atoms with van der Waals surface area (Å²) >= 11 is 0. The van der Waals surface area contributed by atoms with E-state index in [0.717, 1.165) is 32.5 Å². The molecule has 1 saturated heterocycles. The second kappa shape index (κ2) is 6.55. The molecule has 3 nitrogen and oxygen atoms in total. The van der Waals surface area contributed by atoms with Gasteiger partial charge in [-0.1, -0.05) is 30.3 Å². The van der Waals surface area contributed by atoms with Gasteiger partial charge in [-0.05, 0) is 37.4 Å². The van der Waals surface area contributed by atoms with Crippen molar-refractivity contribution in [2.45, 2.75) is 19.3 Å². The summed E-state index contributed by atoms with van der Waals surface area (Å²) in [5.74, 6) is 0.816. The summed E-state index contributed by atoms with van der Waals surface area (Å²) in [6.45, 7) is 2.87. The normalized spacial score (nSPS) is 18.8. The summed E-state index contributed by atoms with van der Waals surface area (Å²) in [7, 11) is 1.91. The van der Waals surface area contributed by atoms with E-state index in [1.54, 1.807) is 0 Å². The molecule has 1 aliphatic heterocycles. The summed E-state index contributed by atoms with van der Waals surface area (Å²) in [5.41, 5.74) is 1.29. The molecular weight excluding hydrogens is 224 g/mol. The molecule has 1 heterocycles. The van der Waals surface area contributed by atoms with E-state index in [4.69, 9.17) is 0 Å². The Bertz CT molecular complexity index is 371. The van der Waals surface area contributed by atoms with Crippen molar-refractivity contribution in [1.29, 1.82) is 0 Å². The Hall–Kier alpha value is -1.35. The number of nitrogens with one attached hydrogen (secondary N) is 1. The van der Waals surface area contributed by atoms with Gasteiger partial charge in [0.2, 0.25) is 5.91 Å². The second-order valence-corrected chi connectivity index (χ2v) is 5.11. The summed E-state index contributed by atoms with van der Waals surface area (Å²) in [6, 6.07) is 10.3. The van der Waals surface area contributed by atoms with E-state index < -0.39 is 0 Å². The van der Waals surface area contributed by atoms with E-state index >= 15 is 0 Å². The molecule has 2 rings (SSSR count). The van der Waals surface area contributed by atoms with Gasteiger partial charge in [0.05, 0.1) is 0 Å². The van der Waals surface area contributed by atoms with Gasteiger partial charge < -0.3 is 10.2 Å². The van der Waals surface area contributed by atoms with Crippen LogP contribution in [0.2, 0.25) is 0 Å². The van der Waals surface area contributed by atoms with Gasteiger partial charge in [-0.15, -0.1) is 0 Å². The fraction of sp³-hybridized carbons (Fsp3) is 0.533. The van der Waals surface area contributed by atoms with Crippen LogP contribution in [0.1, 0.15) is 18.4 Å². The largest absolute Gasteiger partial charge is 0.345 e. The van der Waals surface area contributed by atoms with Crippen LogP contribution < -0.4 is 5.32 Å². The van der Waals surface area contributed by atoms with E-state index in [9.17, 15) is 4.79 Å². The van der Waals surface area contributed by atoms with Crippen molar-refractivity contribution >= 4 is 5.91 Å². The molecule has 1 N–H and O–H groups in total. The lowest BCUT2D eigenvalue weighted by atomic mass is 10.0. The number of nitrogens with zero attached hydrogens (tertiary/aromatic N) is 1. The van der Waals surface area contributed by atoms with E-state index in [1.165, 1.54) is 5.56 Å². The lowest BCUT2D eigenvalue weighted by Gasteiger charge is -2.19. The van der Waals surface area contributed by atoms with Crippen molar-refractivity contribution in [2.24, 2.45) is 5.92 Å². The van der Waals surface area contributed by atoms with Crippen LogP contribution in [0.15, 0.2) is 30.3 Å². The summed E-state index contributed by atoms with van der Waals surface area (Å²) < 4.78 is 0. The molecule has 0 spiro atoms. The number of likely N-dealkylation sites (N-methyl/N-ethyl adjacent to an activating group) is 1. The van der Waals surface area contributed by atoms with E-state index in [-0.39, 0.29) is 5.91 Å². The van der Waals surface area contributed by atoms with Crippen LogP contribution in [0.5, 0.6) is 0 Å². The first-order chi connectivity index (χ1) is 8.75. The Morgan fingerprint density at radius 2 is 2.17 bits per heavy atom. The molecule has 1 aliphatic rings. The first-order valence-electron chi connectivity index (χ1n) is 6.74. The number of carbonyl (C=O) groups is 1. The van der Waals surface area contributed by atoms with Crippen molar-refractivity contribution in [3.05, 3.63) is 35.9 Å². The number of hydrogen-bond acceptors (Lipinski definition) is 2. The van der Waals surface area contributed by atoms with Crippen LogP contribution >= 0.6 is 0 Å². The zero-order chi connectivity index (χ0) is 12.8. The Morgan fingerprint density at radius 1 is 1.39 bits per heavy atom. The number of amides is 1. The minimum Gasteiger partial charge on any atom is -0.345 e.